The van der Waals surface area contributed by atoms with Gasteiger partial charge in [-0.15, -0.1) is 0 Å². The largest absolute Gasteiger partial charge is 1.00 e. The second-order valence-corrected chi connectivity index (χ2v) is 14.4. The van der Waals surface area contributed by atoms with Crippen LogP contribution in [0, 0.1) is 30.7 Å². The molecule has 0 radical (unpaired) electrons. The van der Waals surface area contributed by atoms with Crippen molar-refractivity contribution in [2.75, 3.05) is 21.1 Å². The summed E-state index contributed by atoms with van der Waals surface area (Å²) in [6.07, 6.45) is 5.04. The van der Waals surface area contributed by atoms with Gasteiger partial charge >= 0.3 is 51.4 Å². The van der Waals surface area contributed by atoms with E-state index >= 15 is 0 Å². The van der Waals surface area contributed by atoms with Gasteiger partial charge in [-0.3, -0.25) is 25.4 Å². The number of hydrogen-bond acceptors (Lipinski definition) is 6. The van der Waals surface area contributed by atoms with Crippen molar-refractivity contribution < 1.29 is 65.8 Å². The Morgan fingerprint density at radius 2 is 0.922 bits per heavy atom. The molecular weight excluding hydrogens is 658 g/mol. The summed E-state index contributed by atoms with van der Waals surface area (Å²) in [6.45, 7) is 48.7. The smallest absolute Gasteiger partial charge is 0.432 e. The molecule has 0 saturated carbocycles. The number of unbranched alkanes of at least 4 members (excludes halogenated alkanes) is 1. The quantitative estimate of drug-likeness (QED) is 0.0746. The van der Waals surface area contributed by atoms with Gasteiger partial charge in [0.05, 0.1) is 11.1 Å². The predicted molar refractivity (Wildman–Crippen MR) is 227 cm³/mol. The van der Waals surface area contributed by atoms with Crippen LogP contribution in [0.5, 0.6) is 0 Å². The molecule has 0 spiro atoms. The van der Waals surface area contributed by atoms with Gasteiger partial charge in [-0.1, -0.05) is 130 Å². The van der Waals surface area contributed by atoms with E-state index in [2.05, 4.69) is 79.3 Å². The van der Waals surface area contributed by atoms with Crippen molar-refractivity contribution in [3.05, 3.63) is 13.0 Å². The summed E-state index contributed by atoms with van der Waals surface area (Å²) in [5, 5.41) is 0. The van der Waals surface area contributed by atoms with Crippen LogP contribution in [0.2, 0.25) is 0 Å². The minimum absolute atomic E-state index is 0. The molecule has 0 aliphatic heterocycles. The van der Waals surface area contributed by atoms with Gasteiger partial charge in [-0.2, -0.15) is 13.3 Å². The Hall–Kier alpha value is 0.396. The predicted octanol–water partition coefficient (Wildman–Crippen LogP) is 9.00. The number of likely N-dealkylation sites (N-methyl/N-ethyl adjacent to an activating group) is 3. The first kappa shape index (κ1) is 66.2. The summed E-state index contributed by atoms with van der Waals surface area (Å²) >= 11 is 0. The molecule has 0 aromatic rings. The number of hydrogen-bond donors (Lipinski definition) is 0. The van der Waals surface area contributed by atoms with E-state index in [0.29, 0.717) is 29.7 Å². The molecular formula is C44H95KN3O3-. The van der Waals surface area contributed by atoms with Gasteiger partial charge in [-0.05, 0) is 80.6 Å². The molecule has 7 heteroatoms. The van der Waals surface area contributed by atoms with E-state index in [9.17, 15) is 14.4 Å². The van der Waals surface area contributed by atoms with Gasteiger partial charge in [-0.25, -0.2) is 0 Å². The molecule has 2 unspecified atom stereocenters. The molecule has 0 saturated heterocycles. The minimum atomic E-state index is -0.469. The van der Waals surface area contributed by atoms with Crippen molar-refractivity contribution in [3.8, 4) is 0 Å². The maximum Gasteiger partial charge on any atom is 1.00 e. The molecule has 0 N–H and O–H groups in total. The maximum atomic E-state index is 13.4. The summed E-state index contributed by atoms with van der Waals surface area (Å²) in [7, 11) is 6.10. The third-order valence-electron chi connectivity index (χ3n) is 9.32. The fraction of sp³-hybridized carbons (Fsp3) is 0.886. The maximum absolute atomic E-state index is 13.4. The zero-order valence-corrected chi connectivity index (χ0v) is 43.1. The van der Waals surface area contributed by atoms with Crippen molar-refractivity contribution in [1.29, 1.82) is 0 Å². The fourth-order valence-electron chi connectivity index (χ4n) is 5.75. The number of carbonyl (C=O) groups is 3. The molecule has 306 valence electrons. The molecule has 0 bridgehead atoms. The van der Waals surface area contributed by atoms with Crippen LogP contribution in [0.3, 0.4) is 0 Å². The van der Waals surface area contributed by atoms with Crippen LogP contribution in [0.25, 0.3) is 0 Å². The Balaban J connectivity index is -0.000000154. The van der Waals surface area contributed by atoms with E-state index in [-0.39, 0.29) is 74.9 Å². The Morgan fingerprint density at radius 1 is 0.569 bits per heavy atom. The number of Topliss-reactive ketones (excluding diaryl/α,β-unsaturated/α-hetero) is 3. The average Bonchev–Trinajstić information content (AvgIpc) is 3.10. The molecule has 0 amide bonds. The van der Waals surface area contributed by atoms with Crippen LogP contribution in [0.4, 0.5) is 0 Å². The van der Waals surface area contributed by atoms with E-state index in [1.165, 1.54) is 0 Å². The van der Waals surface area contributed by atoms with Gasteiger partial charge in [0, 0.05) is 29.7 Å². The monoisotopic (exact) mass is 753 g/mol. The summed E-state index contributed by atoms with van der Waals surface area (Å²) in [5.74, 6) is 0.981. The Labute approximate surface area is 366 Å². The van der Waals surface area contributed by atoms with E-state index in [1.54, 1.807) is 0 Å². The molecule has 0 aromatic heterocycles. The van der Waals surface area contributed by atoms with E-state index in [1.807, 2.05) is 116 Å². The van der Waals surface area contributed by atoms with Gasteiger partial charge < -0.3 is 16.6 Å². The van der Waals surface area contributed by atoms with Crippen LogP contribution in [0.15, 0.2) is 0 Å². The summed E-state index contributed by atoms with van der Waals surface area (Å²) < 4.78 is 0. The average molecular weight is 753 g/mol. The Kier molecular flexibility index (Phi) is 48.5. The van der Waals surface area contributed by atoms with Crippen molar-refractivity contribution in [1.82, 2.24) is 14.7 Å². The molecule has 0 fully saturated rings. The zero-order chi connectivity index (χ0) is 41.7. The van der Waals surface area contributed by atoms with E-state index in [4.69, 9.17) is 0 Å². The molecule has 0 aromatic carbocycles. The van der Waals surface area contributed by atoms with Crippen molar-refractivity contribution in [2.45, 2.75) is 220 Å². The number of nitrogens with zero attached hydrogens (tertiary/aromatic N) is 3. The molecule has 51 heavy (non-hydrogen) atoms. The first-order chi connectivity index (χ1) is 23.1. The SMILES string of the molecule is CC.CC.CC.CC.C[C-](C(=O)C(C)C)N(C)C(C)C.[CH2-]CCC(CCCCC(C)(C(=O)C(C)C)N(C)C(C)C)(C(=O)C(C)C)N(C)C(C)C.[K+]. The zero-order valence-electron chi connectivity index (χ0n) is 40.0. The molecule has 0 aliphatic carbocycles. The van der Waals surface area contributed by atoms with Crippen LogP contribution in [-0.2, 0) is 14.4 Å². The van der Waals surface area contributed by atoms with Crippen molar-refractivity contribution >= 4 is 17.3 Å². The summed E-state index contributed by atoms with van der Waals surface area (Å²) in [4.78, 5) is 44.5. The normalized spacial score (nSPS) is 13.0. The van der Waals surface area contributed by atoms with Crippen molar-refractivity contribution in [3.63, 3.8) is 0 Å². The van der Waals surface area contributed by atoms with Crippen LogP contribution < -0.4 is 51.4 Å². The second-order valence-electron chi connectivity index (χ2n) is 14.4. The van der Waals surface area contributed by atoms with Gasteiger partial charge in [0.2, 0.25) is 0 Å². The van der Waals surface area contributed by atoms with Gasteiger partial charge in [0.15, 0.2) is 11.6 Å². The Morgan fingerprint density at radius 3 is 1.20 bits per heavy atom. The first-order valence-corrected chi connectivity index (χ1v) is 20.5. The van der Waals surface area contributed by atoms with Gasteiger partial charge in [0.1, 0.15) is 0 Å². The number of carbonyl (C=O) groups excluding carboxylic acids is 3. The van der Waals surface area contributed by atoms with Crippen LogP contribution in [0.1, 0.15) is 191 Å². The molecule has 0 aliphatic rings. The van der Waals surface area contributed by atoms with Crippen LogP contribution in [-0.4, -0.2) is 82.4 Å². The molecule has 6 nitrogen and oxygen atoms in total. The van der Waals surface area contributed by atoms with Crippen LogP contribution >= 0.6 is 0 Å². The first-order valence-electron chi connectivity index (χ1n) is 20.5. The van der Waals surface area contributed by atoms with E-state index < -0.39 is 11.1 Å². The molecule has 2 atom stereocenters. The Bertz CT molecular complexity index is 813. The molecule has 0 rings (SSSR count). The minimum Gasteiger partial charge on any atom is -0.432 e. The van der Waals surface area contributed by atoms with E-state index in [0.717, 1.165) is 44.6 Å². The fourth-order valence-corrected chi connectivity index (χ4v) is 5.75. The second kappa shape index (κ2) is 37.3. The summed E-state index contributed by atoms with van der Waals surface area (Å²) in [6, 6.07) is 1.85. The third kappa shape index (κ3) is 24.5. The molecule has 0 heterocycles. The topological polar surface area (TPSA) is 60.9 Å². The number of rotatable bonds is 19. The third-order valence-corrected chi connectivity index (χ3v) is 9.32. The van der Waals surface area contributed by atoms with Crippen molar-refractivity contribution in [2.24, 2.45) is 17.8 Å². The van der Waals surface area contributed by atoms with Gasteiger partial charge in [0.25, 0.3) is 0 Å². The standard InChI is InChI=1S/C26H51N2O2.C10H20NO.4C2H6.K/c1-13-16-26(24(30)20(4)5,28(12)22(8)9)18-15-14-17-25(10,23(29)19(2)3)27(11)21(6)7;1-7(2)10(12)9(5)11(6)8(3)4;4*1-2;/h19-22H,1,13-18H2,2-12H3;7-8H,1-6H3;4*1-2H3;/q2*-1;;;;;+1. The summed E-state index contributed by atoms with van der Waals surface area (Å²) in [5.41, 5.74) is -0.935. The number of ketones is 3.